The zero-order valence-electron chi connectivity index (χ0n) is 13.3. The predicted molar refractivity (Wildman–Crippen MR) is 76.8 cm³/mol. The van der Waals surface area contributed by atoms with Crippen LogP contribution in [0, 0.1) is 5.41 Å². The summed E-state index contributed by atoms with van der Waals surface area (Å²) in [5, 5.41) is 3.48. The van der Waals surface area contributed by atoms with E-state index < -0.39 is 12.7 Å². The zero-order valence-corrected chi connectivity index (χ0v) is 13.3. The van der Waals surface area contributed by atoms with Gasteiger partial charge in [-0.15, -0.1) is 0 Å². The lowest BCUT2D eigenvalue weighted by Crippen LogP contribution is -2.55. The van der Waals surface area contributed by atoms with Crippen LogP contribution in [0.2, 0.25) is 0 Å². The van der Waals surface area contributed by atoms with Gasteiger partial charge in [-0.05, 0) is 45.1 Å². The van der Waals surface area contributed by atoms with Crippen molar-refractivity contribution in [2.45, 2.75) is 78.2 Å². The molecule has 1 N–H and O–H groups in total. The van der Waals surface area contributed by atoms with Gasteiger partial charge in [0.05, 0.1) is 6.54 Å². The van der Waals surface area contributed by atoms with E-state index in [1.807, 2.05) is 13.8 Å². The molecule has 20 heavy (non-hydrogen) atoms. The summed E-state index contributed by atoms with van der Waals surface area (Å²) >= 11 is 0. The fourth-order valence-corrected chi connectivity index (χ4v) is 3.32. The Bertz CT molecular complexity index is 300. The van der Waals surface area contributed by atoms with Gasteiger partial charge in [0.25, 0.3) is 0 Å². The monoisotopic (exact) mass is 294 g/mol. The molecule has 5 heteroatoms. The van der Waals surface area contributed by atoms with E-state index in [1.165, 1.54) is 0 Å². The van der Waals surface area contributed by atoms with Crippen molar-refractivity contribution in [3.63, 3.8) is 0 Å². The molecule has 1 aliphatic carbocycles. The molecule has 1 fully saturated rings. The molecule has 0 bridgehead atoms. The molecule has 1 aliphatic rings. The van der Waals surface area contributed by atoms with Crippen molar-refractivity contribution in [3.05, 3.63) is 0 Å². The molecular weight excluding hydrogens is 265 g/mol. The lowest BCUT2D eigenvalue weighted by atomic mass is 9.86. The summed E-state index contributed by atoms with van der Waals surface area (Å²) in [6.45, 7) is 10.2. The number of nitrogens with zero attached hydrogens (tertiary/aromatic N) is 1. The molecule has 1 rings (SSSR count). The van der Waals surface area contributed by atoms with Gasteiger partial charge < -0.3 is 5.32 Å². The highest BCUT2D eigenvalue weighted by atomic mass is 19.4. The van der Waals surface area contributed by atoms with Crippen LogP contribution in [0.25, 0.3) is 0 Å². The summed E-state index contributed by atoms with van der Waals surface area (Å²) in [6.07, 6.45) is -1.32. The highest BCUT2D eigenvalue weighted by molar-refractivity contribution is 5.01. The molecule has 0 heterocycles. The van der Waals surface area contributed by atoms with Crippen molar-refractivity contribution in [1.29, 1.82) is 0 Å². The number of rotatable bonds is 6. The first-order chi connectivity index (χ1) is 9.08. The molecule has 0 spiro atoms. The van der Waals surface area contributed by atoms with Crippen LogP contribution in [-0.2, 0) is 0 Å². The molecule has 2 unspecified atom stereocenters. The average Bonchev–Trinajstić information content (AvgIpc) is 2.57. The number of hydrogen-bond acceptors (Lipinski definition) is 2. The van der Waals surface area contributed by atoms with Gasteiger partial charge in [0, 0.05) is 18.1 Å². The summed E-state index contributed by atoms with van der Waals surface area (Å²) in [5.41, 5.74) is 0.0541. The van der Waals surface area contributed by atoms with Crippen molar-refractivity contribution >= 4 is 0 Å². The van der Waals surface area contributed by atoms with E-state index in [0.29, 0.717) is 0 Å². The zero-order chi connectivity index (χ0) is 15.6. The minimum Gasteiger partial charge on any atom is -0.312 e. The van der Waals surface area contributed by atoms with Crippen molar-refractivity contribution in [1.82, 2.24) is 10.2 Å². The predicted octanol–water partition coefficient (Wildman–Crippen LogP) is 3.82. The molecule has 1 saturated carbocycles. The van der Waals surface area contributed by atoms with Crippen molar-refractivity contribution in [2.75, 3.05) is 13.1 Å². The number of halogens is 3. The van der Waals surface area contributed by atoms with Crippen molar-refractivity contribution < 1.29 is 13.2 Å². The first kappa shape index (κ1) is 17.8. The van der Waals surface area contributed by atoms with Gasteiger partial charge in [-0.25, -0.2) is 0 Å². The second-order valence-electron chi connectivity index (χ2n) is 6.91. The third-order valence-corrected chi connectivity index (χ3v) is 4.38. The molecule has 2 atom stereocenters. The Morgan fingerprint density at radius 2 is 1.90 bits per heavy atom. The summed E-state index contributed by atoms with van der Waals surface area (Å²) in [5.74, 6) is 0. The van der Waals surface area contributed by atoms with Crippen LogP contribution in [0.1, 0.15) is 53.9 Å². The van der Waals surface area contributed by atoms with Crippen LogP contribution in [0.3, 0.4) is 0 Å². The molecular formula is C15H29F3N2. The molecule has 0 aromatic rings. The van der Waals surface area contributed by atoms with E-state index >= 15 is 0 Å². The van der Waals surface area contributed by atoms with E-state index in [4.69, 9.17) is 0 Å². The molecule has 0 aliphatic heterocycles. The molecule has 0 aromatic carbocycles. The summed E-state index contributed by atoms with van der Waals surface area (Å²) in [4.78, 5) is 1.63. The van der Waals surface area contributed by atoms with Gasteiger partial charge >= 0.3 is 6.18 Å². The minimum absolute atomic E-state index is 0.0295. The van der Waals surface area contributed by atoms with Gasteiger partial charge in [-0.3, -0.25) is 4.90 Å². The van der Waals surface area contributed by atoms with E-state index in [1.54, 1.807) is 4.90 Å². The SMILES string of the molecule is CCCNC1C(N(CC(F)(F)F)C(C)C)CCC1(C)C. The maximum Gasteiger partial charge on any atom is 0.401 e. The topological polar surface area (TPSA) is 15.3 Å². The molecule has 0 radical (unpaired) electrons. The Hall–Kier alpha value is -0.290. The van der Waals surface area contributed by atoms with Crippen LogP contribution in [0.5, 0.6) is 0 Å². The third kappa shape index (κ3) is 4.62. The van der Waals surface area contributed by atoms with E-state index in [-0.39, 0.29) is 23.5 Å². The fourth-order valence-electron chi connectivity index (χ4n) is 3.32. The Kier molecular flexibility index (Phi) is 5.90. The lowest BCUT2D eigenvalue weighted by Gasteiger charge is -2.40. The second-order valence-corrected chi connectivity index (χ2v) is 6.91. The van der Waals surface area contributed by atoms with Gasteiger partial charge in [-0.1, -0.05) is 20.8 Å². The van der Waals surface area contributed by atoms with Gasteiger partial charge in [-0.2, -0.15) is 13.2 Å². The van der Waals surface area contributed by atoms with Gasteiger partial charge in [0.15, 0.2) is 0 Å². The van der Waals surface area contributed by atoms with Crippen molar-refractivity contribution in [3.8, 4) is 0 Å². The van der Waals surface area contributed by atoms with Crippen molar-refractivity contribution in [2.24, 2.45) is 5.41 Å². The lowest BCUT2D eigenvalue weighted by molar-refractivity contribution is -0.156. The molecule has 0 aromatic heterocycles. The molecule has 120 valence electrons. The van der Waals surface area contributed by atoms with Gasteiger partial charge in [0.1, 0.15) is 0 Å². The maximum absolute atomic E-state index is 12.8. The normalized spacial score (nSPS) is 26.7. The fraction of sp³-hybridized carbons (Fsp3) is 1.00. The highest BCUT2D eigenvalue weighted by Gasteiger charge is 2.46. The minimum atomic E-state index is -4.13. The average molecular weight is 294 g/mol. The van der Waals surface area contributed by atoms with Crippen LogP contribution in [-0.4, -0.2) is 42.3 Å². The first-order valence-electron chi connectivity index (χ1n) is 7.64. The Labute approximate surface area is 121 Å². The second kappa shape index (κ2) is 6.65. The smallest absolute Gasteiger partial charge is 0.312 e. The Morgan fingerprint density at radius 3 is 2.35 bits per heavy atom. The van der Waals surface area contributed by atoms with Gasteiger partial charge in [0.2, 0.25) is 0 Å². The summed E-state index contributed by atoms with van der Waals surface area (Å²) in [6, 6.07) is 0.00632. The molecule has 0 saturated heterocycles. The maximum atomic E-state index is 12.8. The quantitative estimate of drug-likeness (QED) is 0.801. The largest absolute Gasteiger partial charge is 0.401 e. The number of alkyl halides is 3. The summed E-state index contributed by atoms with van der Waals surface area (Å²) < 4.78 is 38.5. The number of nitrogens with one attached hydrogen (secondary N) is 1. The number of hydrogen-bond donors (Lipinski definition) is 1. The highest BCUT2D eigenvalue weighted by Crippen LogP contribution is 2.41. The standard InChI is InChI=1S/C15H29F3N2/c1-6-9-19-13-12(7-8-14(13,4)5)20(11(2)3)10-15(16,17)18/h11-13,19H,6-10H2,1-5H3. The van der Waals surface area contributed by atoms with E-state index in [2.05, 4.69) is 26.1 Å². The van der Waals surface area contributed by atoms with Crippen LogP contribution < -0.4 is 5.32 Å². The van der Waals surface area contributed by atoms with E-state index in [0.717, 1.165) is 25.8 Å². The van der Waals surface area contributed by atoms with Crippen LogP contribution in [0.15, 0.2) is 0 Å². The molecule has 0 amide bonds. The third-order valence-electron chi connectivity index (χ3n) is 4.38. The Balaban J connectivity index is 2.88. The first-order valence-corrected chi connectivity index (χ1v) is 7.64. The van der Waals surface area contributed by atoms with E-state index in [9.17, 15) is 13.2 Å². The summed E-state index contributed by atoms with van der Waals surface area (Å²) in [7, 11) is 0. The Morgan fingerprint density at radius 1 is 1.30 bits per heavy atom. The van der Waals surface area contributed by atoms with Crippen LogP contribution in [0.4, 0.5) is 13.2 Å². The molecule has 2 nitrogen and oxygen atoms in total. The van der Waals surface area contributed by atoms with Crippen LogP contribution >= 0.6 is 0 Å².